The number of aliphatic imine (C=N–C) groups is 1. The second-order valence-electron chi connectivity index (χ2n) is 7.57. The molecule has 0 bridgehead atoms. The standard InChI is InChI=1S/C20H31N7O3S.HI/c1-5-21-20(22-12-15-6-9-17(10-7-15)31(28,29)26(2)3)23-16-8-11-19-24-18(14-30-4)25-27(19)13-16;/h6-7,9-10,16H,5,8,11-14H2,1-4H3,(H2,21,22,23);1H. The van der Waals surface area contributed by atoms with Crippen molar-refractivity contribution in [3.63, 3.8) is 0 Å². The van der Waals surface area contributed by atoms with Gasteiger partial charge < -0.3 is 15.4 Å². The zero-order chi connectivity index (χ0) is 22.4. The summed E-state index contributed by atoms with van der Waals surface area (Å²) in [6.07, 6.45) is 1.78. The molecule has 0 saturated heterocycles. The molecule has 2 aromatic rings. The Morgan fingerprint density at radius 1 is 1.31 bits per heavy atom. The van der Waals surface area contributed by atoms with Crippen molar-refractivity contribution in [2.24, 2.45) is 4.99 Å². The Morgan fingerprint density at radius 3 is 2.66 bits per heavy atom. The van der Waals surface area contributed by atoms with Crippen molar-refractivity contribution in [1.82, 2.24) is 29.7 Å². The molecule has 1 aliphatic heterocycles. The van der Waals surface area contributed by atoms with Gasteiger partial charge in [-0.1, -0.05) is 12.1 Å². The quantitative estimate of drug-likeness (QED) is 0.277. The van der Waals surface area contributed by atoms with E-state index >= 15 is 0 Å². The van der Waals surface area contributed by atoms with Crippen LogP contribution in [0.25, 0.3) is 0 Å². The molecule has 0 spiro atoms. The molecular weight excluding hydrogens is 545 g/mol. The number of benzene rings is 1. The molecule has 1 atom stereocenters. The predicted octanol–water partition coefficient (Wildman–Crippen LogP) is 1.36. The molecule has 12 heteroatoms. The first kappa shape index (κ1) is 26.5. The Labute approximate surface area is 206 Å². The van der Waals surface area contributed by atoms with Crippen LogP contribution in [-0.4, -0.2) is 67.2 Å². The van der Waals surface area contributed by atoms with Crippen LogP contribution in [0.5, 0.6) is 0 Å². The van der Waals surface area contributed by atoms with Crippen molar-refractivity contribution in [1.29, 1.82) is 0 Å². The summed E-state index contributed by atoms with van der Waals surface area (Å²) in [5.41, 5.74) is 0.932. The van der Waals surface area contributed by atoms with E-state index in [4.69, 9.17) is 4.74 Å². The molecule has 0 radical (unpaired) electrons. The first-order valence-corrected chi connectivity index (χ1v) is 11.7. The van der Waals surface area contributed by atoms with Crippen molar-refractivity contribution in [3.8, 4) is 0 Å². The third kappa shape index (κ3) is 6.62. The molecule has 1 aliphatic rings. The topological polar surface area (TPSA) is 114 Å². The second kappa shape index (κ2) is 11.9. The van der Waals surface area contributed by atoms with Crippen molar-refractivity contribution >= 4 is 40.0 Å². The van der Waals surface area contributed by atoms with Gasteiger partial charge in [0, 0.05) is 40.2 Å². The van der Waals surface area contributed by atoms with E-state index < -0.39 is 10.0 Å². The van der Waals surface area contributed by atoms with Gasteiger partial charge in [-0.3, -0.25) is 0 Å². The van der Waals surface area contributed by atoms with E-state index in [-0.39, 0.29) is 34.9 Å². The van der Waals surface area contributed by atoms with Crippen molar-refractivity contribution < 1.29 is 13.2 Å². The van der Waals surface area contributed by atoms with Gasteiger partial charge in [0.05, 0.1) is 18.0 Å². The van der Waals surface area contributed by atoms with Crippen LogP contribution in [-0.2, 0) is 40.9 Å². The number of hydrogen-bond acceptors (Lipinski definition) is 6. The van der Waals surface area contributed by atoms with Gasteiger partial charge in [0.25, 0.3) is 0 Å². The normalized spacial score (nSPS) is 16.4. The van der Waals surface area contributed by atoms with Gasteiger partial charge in [-0.15, -0.1) is 24.0 Å². The molecule has 2 N–H and O–H groups in total. The van der Waals surface area contributed by atoms with Crippen LogP contribution in [0.15, 0.2) is 34.2 Å². The zero-order valence-electron chi connectivity index (χ0n) is 18.9. The number of ether oxygens (including phenoxy) is 1. The van der Waals surface area contributed by atoms with E-state index in [2.05, 4.69) is 25.7 Å². The van der Waals surface area contributed by atoms with E-state index in [9.17, 15) is 8.42 Å². The minimum absolute atomic E-state index is 0. The van der Waals surface area contributed by atoms with Crippen LogP contribution in [0, 0.1) is 0 Å². The number of sulfonamides is 1. The van der Waals surface area contributed by atoms with Gasteiger partial charge in [0.2, 0.25) is 10.0 Å². The molecule has 0 fully saturated rings. The highest BCUT2D eigenvalue weighted by Crippen LogP contribution is 2.15. The monoisotopic (exact) mass is 577 g/mol. The molecular formula is C20H32IN7O3S. The highest BCUT2D eigenvalue weighted by Gasteiger charge is 2.22. The van der Waals surface area contributed by atoms with E-state index in [1.165, 1.54) is 18.4 Å². The Bertz CT molecular complexity index is 1010. The average molecular weight is 577 g/mol. The van der Waals surface area contributed by atoms with Crippen LogP contribution < -0.4 is 10.6 Å². The lowest BCUT2D eigenvalue weighted by Crippen LogP contribution is -2.47. The maximum Gasteiger partial charge on any atom is 0.242 e. The van der Waals surface area contributed by atoms with E-state index in [0.717, 1.165) is 36.7 Å². The smallest absolute Gasteiger partial charge is 0.242 e. The number of aromatic nitrogens is 3. The Balaban J connectivity index is 0.00000363. The summed E-state index contributed by atoms with van der Waals surface area (Å²) in [6, 6.07) is 7.01. The molecule has 178 valence electrons. The summed E-state index contributed by atoms with van der Waals surface area (Å²) in [7, 11) is 1.25. The van der Waals surface area contributed by atoms with Gasteiger partial charge in [-0.05, 0) is 31.0 Å². The Morgan fingerprint density at radius 2 is 2.03 bits per heavy atom. The molecule has 32 heavy (non-hydrogen) atoms. The number of nitrogens with zero attached hydrogens (tertiary/aromatic N) is 5. The minimum atomic E-state index is -3.43. The SMILES string of the molecule is CCNC(=NCc1ccc(S(=O)(=O)N(C)C)cc1)NC1CCc2nc(COC)nn2C1.I. The fourth-order valence-electron chi connectivity index (χ4n) is 3.33. The number of aryl methyl sites for hydroxylation is 1. The number of rotatable bonds is 8. The maximum atomic E-state index is 12.2. The molecule has 1 unspecified atom stereocenters. The molecule has 0 amide bonds. The zero-order valence-corrected chi connectivity index (χ0v) is 22.1. The van der Waals surface area contributed by atoms with Crippen molar-refractivity contribution in [2.75, 3.05) is 27.7 Å². The van der Waals surface area contributed by atoms with Gasteiger partial charge >= 0.3 is 0 Å². The molecule has 1 aromatic carbocycles. The third-order valence-corrected chi connectivity index (χ3v) is 6.81. The molecule has 0 aliphatic carbocycles. The fourth-order valence-corrected chi connectivity index (χ4v) is 4.23. The highest BCUT2D eigenvalue weighted by atomic mass is 127. The maximum absolute atomic E-state index is 12.2. The van der Waals surface area contributed by atoms with Gasteiger partial charge in [0.15, 0.2) is 11.8 Å². The minimum Gasteiger partial charge on any atom is -0.377 e. The largest absolute Gasteiger partial charge is 0.377 e. The summed E-state index contributed by atoms with van der Waals surface area (Å²) in [4.78, 5) is 9.45. The lowest BCUT2D eigenvalue weighted by atomic mass is 10.1. The molecule has 0 saturated carbocycles. The number of fused-ring (bicyclic) bond motifs is 1. The van der Waals surface area contributed by atoms with Crippen LogP contribution in [0.3, 0.4) is 0 Å². The summed E-state index contributed by atoms with van der Waals surface area (Å²) in [5, 5.41) is 11.3. The van der Waals surface area contributed by atoms with Gasteiger partial charge in [-0.25, -0.2) is 27.4 Å². The second-order valence-corrected chi connectivity index (χ2v) is 9.72. The molecule has 3 rings (SSSR count). The summed E-state index contributed by atoms with van der Waals surface area (Å²) >= 11 is 0. The lowest BCUT2D eigenvalue weighted by Gasteiger charge is -2.25. The predicted molar refractivity (Wildman–Crippen MR) is 134 cm³/mol. The Hall–Kier alpha value is -1.77. The highest BCUT2D eigenvalue weighted by molar-refractivity contribution is 14.0. The van der Waals surface area contributed by atoms with Gasteiger partial charge in [0.1, 0.15) is 12.4 Å². The molecule has 10 nitrogen and oxygen atoms in total. The number of nitrogens with one attached hydrogen (secondary N) is 2. The lowest BCUT2D eigenvalue weighted by molar-refractivity contribution is 0.177. The Kier molecular flexibility index (Phi) is 9.85. The molecule has 1 aromatic heterocycles. The summed E-state index contributed by atoms with van der Waals surface area (Å²) in [5.74, 6) is 2.41. The van der Waals surface area contributed by atoms with Crippen LogP contribution in [0.2, 0.25) is 0 Å². The van der Waals surface area contributed by atoms with Gasteiger partial charge in [-0.2, -0.15) is 5.10 Å². The summed E-state index contributed by atoms with van der Waals surface area (Å²) in [6.45, 7) is 4.33. The van der Waals surface area contributed by atoms with Crippen LogP contribution in [0.4, 0.5) is 0 Å². The van der Waals surface area contributed by atoms with E-state index in [1.54, 1.807) is 31.4 Å². The van der Waals surface area contributed by atoms with E-state index in [0.29, 0.717) is 25.5 Å². The average Bonchev–Trinajstić information content (AvgIpc) is 3.14. The van der Waals surface area contributed by atoms with Crippen molar-refractivity contribution in [2.45, 2.75) is 50.4 Å². The number of guanidine groups is 1. The number of methoxy groups -OCH3 is 1. The van der Waals surface area contributed by atoms with Crippen molar-refractivity contribution in [3.05, 3.63) is 41.5 Å². The first-order chi connectivity index (χ1) is 14.8. The fraction of sp³-hybridized carbons (Fsp3) is 0.550. The number of hydrogen-bond donors (Lipinski definition) is 2. The van der Waals surface area contributed by atoms with E-state index in [1.807, 2.05) is 11.6 Å². The van der Waals surface area contributed by atoms with Crippen LogP contribution in [0.1, 0.15) is 30.6 Å². The summed E-state index contributed by atoms with van der Waals surface area (Å²) < 4.78 is 32.7. The first-order valence-electron chi connectivity index (χ1n) is 10.3. The number of halogens is 1. The third-order valence-electron chi connectivity index (χ3n) is 4.98. The molecule has 2 heterocycles. The van der Waals surface area contributed by atoms with Crippen LogP contribution >= 0.6 is 24.0 Å².